The number of amides is 2. The summed E-state index contributed by atoms with van der Waals surface area (Å²) in [6, 6.07) is 14.5. The van der Waals surface area contributed by atoms with E-state index in [1.54, 1.807) is 32.2 Å². The van der Waals surface area contributed by atoms with Crippen LogP contribution in [0.3, 0.4) is 0 Å². The molecule has 0 aliphatic carbocycles. The number of carbonyl (C=O) groups excluding carboxylic acids is 2. The molecule has 0 atom stereocenters. The number of hydrogen-bond acceptors (Lipinski definition) is 6. The maximum Gasteiger partial charge on any atom is 0.250 e. The number of methoxy groups -OCH3 is 2. The molecule has 3 rings (SSSR count). The molecule has 0 radical (unpaired) electrons. The summed E-state index contributed by atoms with van der Waals surface area (Å²) in [5.74, 6) is 1.42. The number of nitrogens with one attached hydrogen (secondary N) is 2. The first-order valence-electron chi connectivity index (χ1n) is 9.73. The Morgan fingerprint density at radius 3 is 2.55 bits per heavy atom. The number of nitrogens with zero attached hydrogens (tertiary/aromatic N) is 1. The number of aromatic nitrogens is 1. The molecule has 162 valence electrons. The summed E-state index contributed by atoms with van der Waals surface area (Å²) in [4.78, 5) is 28.5. The van der Waals surface area contributed by atoms with Crippen LogP contribution in [-0.2, 0) is 27.3 Å². The maximum absolute atomic E-state index is 12.3. The summed E-state index contributed by atoms with van der Waals surface area (Å²) < 4.78 is 15.7. The van der Waals surface area contributed by atoms with E-state index in [0.29, 0.717) is 28.6 Å². The lowest BCUT2D eigenvalue weighted by Crippen LogP contribution is -2.25. The monoisotopic (exact) mass is 423 g/mol. The fourth-order valence-electron chi connectivity index (χ4n) is 2.95. The Labute approximate surface area is 180 Å². The molecule has 3 aromatic rings. The zero-order chi connectivity index (χ0) is 22.2. The highest BCUT2D eigenvalue weighted by atomic mass is 16.5. The molecular weight excluding hydrogens is 398 g/mol. The van der Waals surface area contributed by atoms with E-state index in [1.165, 1.54) is 7.11 Å². The molecule has 1 heterocycles. The van der Waals surface area contributed by atoms with Gasteiger partial charge in [-0.2, -0.15) is 0 Å². The van der Waals surface area contributed by atoms with Crippen LogP contribution >= 0.6 is 0 Å². The van der Waals surface area contributed by atoms with Gasteiger partial charge in [-0.3, -0.25) is 9.59 Å². The number of anilines is 1. The number of hydrogen-bond donors (Lipinski definition) is 2. The molecule has 0 aliphatic heterocycles. The first-order chi connectivity index (χ1) is 15.0. The molecule has 1 aromatic heterocycles. The average molecular weight is 423 g/mol. The van der Waals surface area contributed by atoms with E-state index < -0.39 is 0 Å². The van der Waals surface area contributed by atoms with E-state index in [9.17, 15) is 9.59 Å². The Kier molecular flexibility index (Phi) is 7.40. The average Bonchev–Trinajstić information content (AvgIpc) is 3.14. The molecule has 2 amide bonds. The highest BCUT2D eigenvalue weighted by Crippen LogP contribution is 2.24. The van der Waals surface area contributed by atoms with Crippen molar-refractivity contribution < 1.29 is 23.5 Å². The van der Waals surface area contributed by atoms with Crippen LogP contribution in [0.2, 0.25) is 0 Å². The predicted octanol–water partition coefficient (Wildman–Crippen LogP) is 3.10. The molecule has 2 N–H and O–H groups in total. The van der Waals surface area contributed by atoms with Crippen molar-refractivity contribution in [3.8, 4) is 17.2 Å². The molecule has 31 heavy (non-hydrogen) atoms. The minimum Gasteiger partial charge on any atom is -0.497 e. The number of carbonyl (C=O) groups is 2. The third-order valence-corrected chi connectivity index (χ3v) is 4.54. The largest absolute Gasteiger partial charge is 0.497 e. The SMILES string of the molecule is COCC(=O)Nc1cccc(-c2nc(CNC(=O)Cc3ccc(OC)cc3)c(C)o2)c1. The van der Waals surface area contributed by atoms with Gasteiger partial charge in [-0.1, -0.05) is 18.2 Å². The van der Waals surface area contributed by atoms with Gasteiger partial charge in [0.15, 0.2) is 0 Å². The Morgan fingerprint density at radius 1 is 1.06 bits per heavy atom. The molecule has 0 saturated heterocycles. The second kappa shape index (κ2) is 10.4. The standard InChI is InChI=1S/C23H25N3O5/c1-15-20(13-24-21(27)11-16-7-9-19(30-3)10-8-16)26-23(31-15)17-5-4-6-18(12-17)25-22(28)14-29-2/h4-10,12H,11,13-14H2,1-3H3,(H,24,27)(H,25,28). The Morgan fingerprint density at radius 2 is 1.84 bits per heavy atom. The molecule has 0 spiro atoms. The third kappa shape index (κ3) is 6.16. The molecule has 0 fully saturated rings. The summed E-state index contributed by atoms with van der Waals surface area (Å²) in [5, 5.41) is 5.62. The van der Waals surface area contributed by atoms with Crippen LogP contribution < -0.4 is 15.4 Å². The number of benzene rings is 2. The molecule has 0 bridgehead atoms. The van der Waals surface area contributed by atoms with Gasteiger partial charge in [0, 0.05) is 18.4 Å². The third-order valence-electron chi connectivity index (χ3n) is 4.54. The minimum absolute atomic E-state index is 0.0251. The molecule has 0 saturated carbocycles. The summed E-state index contributed by atoms with van der Waals surface area (Å²) in [6.07, 6.45) is 0.261. The Bertz CT molecular complexity index is 1040. The van der Waals surface area contributed by atoms with Gasteiger partial charge < -0.3 is 24.5 Å². The lowest BCUT2D eigenvalue weighted by atomic mass is 10.1. The molecular formula is C23H25N3O5. The molecule has 8 nitrogen and oxygen atoms in total. The van der Waals surface area contributed by atoms with Gasteiger partial charge >= 0.3 is 0 Å². The van der Waals surface area contributed by atoms with E-state index in [1.807, 2.05) is 30.3 Å². The lowest BCUT2D eigenvalue weighted by molar-refractivity contribution is -0.121. The predicted molar refractivity (Wildman–Crippen MR) is 116 cm³/mol. The van der Waals surface area contributed by atoms with Crippen LogP contribution in [0.4, 0.5) is 5.69 Å². The molecule has 2 aromatic carbocycles. The second-order valence-electron chi connectivity index (χ2n) is 6.89. The summed E-state index contributed by atoms with van der Waals surface area (Å²) in [7, 11) is 3.06. The maximum atomic E-state index is 12.3. The van der Waals surface area contributed by atoms with E-state index in [4.69, 9.17) is 13.9 Å². The quantitative estimate of drug-likeness (QED) is 0.548. The van der Waals surface area contributed by atoms with E-state index in [0.717, 1.165) is 11.3 Å². The lowest BCUT2D eigenvalue weighted by Gasteiger charge is -2.05. The van der Waals surface area contributed by atoms with Crippen LogP contribution in [0.5, 0.6) is 5.75 Å². The molecule has 0 unspecified atom stereocenters. The van der Waals surface area contributed by atoms with Gasteiger partial charge in [0.2, 0.25) is 17.7 Å². The molecule has 0 aliphatic rings. The van der Waals surface area contributed by atoms with Crippen molar-refractivity contribution in [2.75, 3.05) is 26.1 Å². The van der Waals surface area contributed by atoms with Crippen LogP contribution in [0.15, 0.2) is 52.9 Å². The van der Waals surface area contributed by atoms with Crippen LogP contribution in [-0.4, -0.2) is 37.6 Å². The van der Waals surface area contributed by atoms with E-state index in [2.05, 4.69) is 15.6 Å². The van der Waals surface area contributed by atoms with Crippen molar-refractivity contribution in [3.05, 3.63) is 65.5 Å². The first kappa shape index (κ1) is 22.0. The molecule has 8 heteroatoms. The zero-order valence-electron chi connectivity index (χ0n) is 17.7. The van der Waals surface area contributed by atoms with Crippen LogP contribution in [0.25, 0.3) is 11.5 Å². The van der Waals surface area contributed by atoms with Gasteiger partial charge in [0.25, 0.3) is 0 Å². The summed E-state index contributed by atoms with van der Waals surface area (Å²) >= 11 is 0. The van der Waals surface area contributed by atoms with Crippen LogP contribution in [0, 0.1) is 6.92 Å². The Balaban J connectivity index is 1.61. The van der Waals surface area contributed by atoms with Gasteiger partial charge in [0.1, 0.15) is 23.8 Å². The van der Waals surface area contributed by atoms with Gasteiger partial charge in [-0.25, -0.2) is 4.98 Å². The number of oxazole rings is 1. The van der Waals surface area contributed by atoms with Gasteiger partial charge in [-0.15, -0.1) is 0 Å². The van der Waals surface area contributed by atoms with Crippen molar-refractivity contribution in [2.24, 2.45) is 0 Å². The van der Waals surface area contributed by atoms with Crippen molar-refractivity contribution in [1.82, 2.24) is 10.3 Å². The normalized spacial score (nSPS) is 10.5. The van der Waals surface area contributed by atoms with Crippen molar-refractivity contribution >= 4 is 17.5 Å². The first-order valence-corrected chi connectivity index (χ1v) is 9.73. The van der Waals surface area contributed by atoms with Crippen molar-refractivity contribution in [3.63, 3.8) is 0 Å². The summed E-state index contributed by atoms with van der Waals surface area (Å²) in [5.41, 5.74) is 2.87. The second-order valence-corrected chi connectivity index (χ2v) is 6.89. The number of ether oxygens (including phenoxy) is 2. The highest BCUT2D eigenvalue weighted by Gasteiger charge is 2.14. The van der Waals surface area contributed by atoms with Crippen LogP contribution in [0.1, 0.15) is 17.0 Å². The highest BCUT2D eigenvalue weighted by molar-refractivity contribution is 5.92. The zero-order valence-corrected chi connectivity index (χ0v) is 17.7. The van der Waals surface area contributed by atoms with E-state index >= 15 is 0 Å². The fourth-order valence-corrected chi connectivity index (χ4v) is 2.95. The summed E-state index contributed by atoms with van der Waals surface area (Å²) in [6.45, 7) is 2.03. The smallest absolute Gasteiger partial charge is 0.250 e. The number of rotatable bonds is 9. The Hall–Kier alpha value is -3.65. The van der Waals surface area contributed by atoms with Crippen molar-refractivity contribution in [1.29, 1.82) is 0 Å². The van der Waals surface area contributed by atoms with E-state index in [-0.39, 0.29) is 31.4 Å². The topological polar surface area (TPSA) is 103 Å². The number of aryl methyl sites for hydroxylation is 1. The van der Waals surface area contributed by atoms with Gasteiger partial charge in [-0.05, 0) is 42.8 Å². The van der Waals surface area contributed by atoms with Crippen molar-refractivity contribution in [2.45, 2.75) is 19.9 Å². The van der Waals surface area contributed by atoms with Gasteiger partial charge in [0.05, 0.1) is 20.1 Å². The minimum atomic E-state index is -0.247. The fraction of sp³-hybridized carbons (Fsp3) is 0.261.